The molecule has 1 N–H and O–H groups in total. The number of fused-ring (bicyclic) bond motifs is 1. The largest absolute Gasteiger partial charge is 0.376 e. The fraction of sp³-hybridized carbons (Fsp3) is 0.167. The predicted molar refractivity (Wildman–Crippen MR) is 58.4 cm³/mol. The van der Waals surface area contributed by atoms with Crippen LogP contribution in [0.25, 0.3) is 0 Å². The Morgan fingerprint density at radius 3 is 3.36 bits per heavy atom. The molecular weight excluding hydrogens is 321 g/mol. The highest BCUT2D eigenvalue weighted by molar-refractivity contribution is 14.1. The van der Waals surface area contributed by atoms with Crippen molar-refractivity contribution in [3.8, 4) is 0 Å². The van der Waals surface area contributed by atoms with Crippen molar-refractivity contribution in [2.24, 2.45) is 4.99 Å². The van der Waals surface area contributed by atoms with E-state index in [4.69, 9.17) is 0 Å². The van der Waals surface area contributed by atoms with Crippen LogP contribution < -0.4 is 5.32 Å². The van der Waals surface area contributed by atoms with Gasteiger partial charge in [-0.15, -0.1) is 0 Å². The van der Waals surface area contributed by atoms with Crippen molar-refractivity contribution in [3.05, 3.63) is 12.3 Å². The Bertz CT molecular complexity index is 318. The van der Waals surface area contributed by atoms with E-state index in [-0.39, 0.29) is 0 Å². The molecule has 1 aromatic heterocycles. The highest BCUT2D eigenvalue weighted by Crippen LogP contribution is 2.31. The number of aromatic nitrogens is 1. The maximum Gasteiger partial charge on any atom is 0.167 e. The molecule has 3 nitrogen and oxygen atoms in total. The van der Waals surface area contributed by atoms with Crippen LogP contribution in [0.4, 0.5) is 11.5 Å². The lowest BCUT2D eigenvalue weighted by Gasteiger charge is -2.10. The van der Waals surface area contributed by atoms with Gasteiger partial charge < -0.3 is 5.32 Å². The Balaban J connectivity index is 2.55. The molecule has 2 heterocycles. The van der Waals surface area contributed by atoms with Gasteiger partial charge in [-0.2, -0.15) is 0 Å². The lowest BCUT2D eigenvalue weighted by atomic mass is 10.4. The summed E-state index contributed by atoms with van der Waals surface area (Å²) in [6.45, 7) is 0.838. The van der Waals surface area contributed by atoms with Crippen LogP contribution in [-0.4, -0.2) is 13.9 Å². The summed E-state index contributed by atoms with van der Waals surface area (Å²) < 4.78 is 2.90. The SMILES string of the molecule is Brn1ccc2c1N=C(I)CN2. The molecule has 0 aromatic carbocycles. The van der Waals surface area contributed by atoms with Crippen molar-refractivity contribution in [1.29, 1.82) is 0 Å². The van der Waals surface area contributed by atoms with E-state index in [9.17, 15) is 0 Å². The van der Waals surface area contributed by atoms with Gasteiger partial charge in [0.1, 0.15) is 0 Å². The Morgan fingerprint density at radius 1 is 1.73 bits per heavy atom. The lowest BCUT2D eigenvalue weighted by molar-refractivity contribution is 1.24. The third-order valence-corrected chi connectivity index (χ3v) is 2.66. The second-order valence-electron chi connectivity index (χ2n) is 2.21. The predicted octanol–water partition coefficient (Wildman–Crippen LogP) is 2.54. The van der Waals surface area contributed by atoms with Crippen molar-refractivity contribution in [2.75, 3.05) is 11.9 Å². The standard InChI is InChI=1S/C6H5BrIN3/c7-11-2-1-4-6(11)10-5(8)3-9-4/h1-2,9H,3H2. The van der Waals surface area contributed by atoms with Crippen molar-refractivity contribution >= 4 is 54.0 Å². The zero-order valence-corrected chi connectivity index (χ0v) is 9.26. The number of anilines is 1. The first-order chi connectivity index (χ1) is 5.27. The van der Waals surface area contributed by atoms with Gasteiger partial charge in [0.2, 0.25) is 0 Å². The molecule has 0 fully saturated rings. The van der Waals surface area contributed by atoms with Crippen LogP contribution in [0.15, 0.2) is 17.3 Å². The minimum Gasteiger partial charge on any atom is -0.376 e. The molecule has 0 unspecified atom stereocenters. The van der Waals surface area contributed by atoms with Gasteiger partial charge in [-0.3, -0.25) is 3.59 Å². The Hall–Kier alpha value is -0.0400. The van der Waals surface area contributed by atoms with Crippen molar-refractivity contribution in [1.82, 2.24) is 3.59 Å². The first-order valence-corrected chi connectivity index (χ1v) is 4.90. The molecule has 2 rings (SSSR count). The van der Waals surface area contributed by atoms with E-state index in [0.717, 1.165) is 21.8 Å². The molecule has 1 aromatic rings. The van der Waals surface area contributed by atoms with Gasteiger partial charge in [-0.25, -0.2) is 4.99 Å². The van der Waals surface area contributed by atoms with E-state index in [2.05, 4.69) is 49.0 Å². The topological polar surface area (TPSA) is 29.3 Å². The van der Waals surface area contributed by atoms with Gasteiger partial charge in [0.05, 0.1) is 32.1 Å². The number of hydrogen-bond acceptors (Lipinski definition) is 2. The number of rotatable bonds is 0. The molecular formula is C6H5BrIN3. The monoisotopic (exact) mass is 325 g/mol. The maximum atomic E-state index is 4.36. The summed E-state index contributed by atoms with van der Waals surface area (Å²) in [7, 11) is 0. The van der Waals surface area contributed by atoms with Crippen LogP contribution in [0.3, 0.4) is 0 Å². The Labute approximate surface area is 86.4 Å². The van der Waals surface area contributed by atoms with Gasteiger partial charge >= 0.3 is 0 Å². The molecule has 5 heteroatoms. The molecule has 0 aliphatic carbocycles. The van der Waals surface area contributed by atoms with Crippen LogP contribution in [0.2, 0.25) is 0 Å². The summed E-state index contributed by atoms with van der Waals surface area (Å²) in [4.78, 5) is 4.36. The third kappa shape index (κ3) is 1.31. The van der Waals surface area contributed by atoms with Gasteiger partial charge in [-0.1, -0.05) is 0 Å². The van der Waals surface area contributed by atoms with Gasteiger partial charge in [0, 0.05) is 6.20 Å². The quantitative estimate of drug-likeness (QED) is 0.730. The highest BCUT2D eigenvalue weighted by Gasteiger charge is 2.11. The number of nitrogens with zero attached hydrogens (tertiary/aromatic N) is 2. The molecule has 0 atom stereocenters. The van der Waals surface area contributed by atoms with Crippen molar-refractivity contribution in [3.63, 3.8) is 0 Å². The second kappa shape index (κ2) is 2.78. The molecule has 0 saturated heterocycles. The zero-order valence-electron chi connectivity index (χ0n) is 5.51. The van der Waals surface area contributed by atoms with E-state index in [1.165, 1.54) is 0 Å². The summed E-state index contributed by atoms with van der Waals surface area (Å²) in [6, 6.07) is 2.00. The molecule has 11 heavy (non-hydrogen) atoms. The van der Waals surface area contributed by atoms with Gasteiger partial charge in [0.15, 0.2) is 5.82 Å². The van der Waals surface area contributed by atoms with Gasteiger partial charge in [0.25, 0.3) is 0 Å². The van der Waals surface area contributed by atoms with E-state index in [0.29, 0.717) is 0 Å². The number of hydrogen-bond donors (Lipinski definition) is 1. The van der Waals surface area contributed by atoms with E-state index in [1.807, 2.05) is 15.9 Å². The second-order valence-corrected chi connectivity index (χ2v) is 4.22. The summed E-state index contributed by atoms with van der Waals surface area (Å²) in [5.41, 5.74) is 1.09. The zero-order chi connectivity index (χ0) is 7.84. The third-order valence-electron chi connectivity index (χ3n) is 1.47. The molecule has 0 bridgehead atoms. The van der Waals surface area contributed by atoms with Crippen molar-refractivity contribution in [2.45, 2.75) is 0 Å². The minimum atomic E-state index is 0.838. The fourth-order valence-electron chi connectivity index (χ4n) is 0.969. The maximum absolute atomic E-state index is 4.36. The highest BCUT2D eigenvalue weighted by atomic mass is 127. The lowest BCUT2D eigenvalue weighted by Crippen LogP contribution is -2.11. The van der Waals surface area contributed by atoms with Crippen LogP contribution >= 0.6 is 38.7 Å². The fourth-order valence-corrected chi connectivity index (χ4v) is 1.78. The van der Waals surface area contributed by atoms with Crippen LogP contribution in [0, 0.1) is 0 Å². The molecule has 58 valence electrons. The first kappa shape index (κ1) is 7.60. The van der Waals surface area contributed by atoms with Crippen LogP contribution in [0.1, 0.15) is 0 Å². The molecule has 0 spiro atoms. The first-order valence-electron chi connectivity index (χ1n) is 3.12. The summed E-state index contributed by atoms with van der Waals surface area (Å²) in [6.07, 6.45) is 1.93. The summed E-state index contributed by atoms with van der Waals surface area (Å²) >= 11 is 5.57. The average molecular weight is 326 g/mol. The van der Waals surface area contributed by atoms with E-state index >= 15 is 0 Å². The molecule has 1 aliphatic rings. The van der Waals surface area contributed by atoms with Crippen LogP contribution in [-0.2, 0) is 0 Å². The van der Waals surface area contributed by atoms with E-state index < -0.39 is 0 Å². The summed E-state index contributed by atoms with van der Waals surface area (Å²) in [5.74, 6) is 0.945. The normalized spacial score (nSPS) is 15.3. The smallest absolute Gasteiger partial charge is 0.167 e. The number of halogens is 2. The molecule has 1 aliphatic heterocycles. The minimum absolute atomic E-state index is 0.838. The van der Waals surface area contributed by atoms with E-state index in [1.54, 1.807) is 0 Å². The van der Waals surface area contributed by atoms with Gasteiger partial charge in [-0.05, 0) is 28.7 Å². The summed E-state index contributed by atoms with van der Waals surface area (Å²) in [5, 5.41) is 3.24. The average Bonchev–Trinajstić information content (AvgIpc) is 2.33. The molecule has 0 radical (unpaired) electrons. The van der Waals surface area contributed by atoms with Crippen molar-refractivity contribution < 1.29 is 0 Å². The number of nitrogens with one attached hydrogen (secondary N) is 1. The Kier molecular flexibility index (Phi) is 1.92. The Morgan fingerprint density at radius 2 is 2.55 bits per heavy atom. The number of aliphatic imine (C=N–C) groups is 1. The van der Waals surface area contributed by atoms with Crippen LogP contribution in [0.5, 0.6) is 0 Å². The molecule has 0 saturated carbocycles. The molecule has 0 amide bonds.